The van der Waals surface area contributed by atoms with Gasteiger partial charge in [-0.05, 0) is 57.1 Å². The number of carbonyl (C=O) groups is 2. The SMILES string of the molecule is CCCC1CC=CCCC(C)=CC(=NOCC(=O)N2CCCCC2)Cc2c(Cl)c(O)cc(O)c2C(=O)O1. The molecule has 1 aromatic carbocycles. The number of likely N-dealkylation sites (tertiary alicyclic amines) is 1. The number of halogens is 1. The highest BCUT2D eigenvalue weighted by molar-refractivity contribution is 6.33. The van der Waals surface area contributed by atoms with E-state index in [1.54, 1.807) is 4.90 Å². The van der Waals surface area contributed by atoms with Gasteiger partial charge in [0.1, 0.15) is 23.2 Å². The third-order valence-electron chi connectivity index (χ3n) is 6.53. The highest BCUT2D eigenvalue weighted by Gasteiger charge is 2.26. The average molecular weight is 533 g/mol. The quantitative estimate of drug-likeness (QED) is 0.286. The Labute approximate surface area is 223 Å². The summed E-state index contributed by atoms with van der Waals surface area (Å²) < 4.78 is 5.75. The fourth-order valence-electron chi connectivity index (χ4n) is 4.56. The molecular weight excluding hydrogens is 496 g/mol. The Morgan fingerprint density at radius 3 is 2.70 bits per heavy atom. The van der Waals surface area contributed by atoms with Crippen molar-refractivity contribution < 1.29 is 29.4 Å². The molecule has 2 N–H and O–H groups in total. The van der Waals surface area contributed by atoms with E-state index in [9.17, 15) is 19.8 Å². The van der Waals surface area contributed by atoms with Gasteiger partial charge in [0.05, 0.1) is 10.7 Å². The van der Waals surface area contributed by atoms with Crippen LogP contribution in [0.2, 0.25) is 5.02 Å². The molecule has 9 heteroatoms. The van der Waals surface area contributed by atoms with Gasteiger partial charge in [-0.15, -0.1) is 0 Å². The molecule has 0 bridgehead atoms. The largest absolute Gasteiger partial charge is 0.507 e. The molecule has 37 heavy (non-hydrogen) atoms. The Kier molecular flexibility index (Phi) is 10.9. The van der Waals surface area contributed by atoms with Crippen LogP contribution < -0.4 is 0 Å². The summed E-state index contributed by atoms with van der Waals surface area (Å²) in [4.78, 5) is 32.9. The van der Waals surface area contributed by atoms with Crippen LogP contribution in [-0.4, -0.2) is 58.5 Å². The van der Waals surface area contributed by atoms with Crippen molar-refractivity contribution in [2.75, 3.05) is 19.7 Å². The summed E-state index contributed by atoms with van der Waals surface area (Å²) in [5.74, 6) is -1.64. The van der Waals surface area contributed by atoms with E-state index in [0.29, 0.717) is 31.6 Å². The number of oxime groups is 1. The monoisotopic (exact) mass is 532 g/mol. The molecule has 1 atom stereocenters. The molecule has 1 amide bonds. The third-order valence-corrected chi connectivity index (χ3v) is 6.95. The predicted molar refractivity (Wildman–Crippen MR) is 143 cm³/mol. The van der Waals surface area contributed by atoms with Gasteiger partial charge in [0, 0.05) is 32.0 Å². The number of phenolic OH excluding ortho intramolecular Hbond substituents is 2. The lowest BCUT2D eigenvalue weighted by atomic mass is 9.98. The minimum absolute atomic E-state index is 0.0191. The number of aromatic hydroxyl groups is 2. The minimum Gasteiger partial charge on any atom is -0.507 e. The molecule has 202 valence electrons. The number of esters is 1. The van der Waals surface area contributed by atoms with E-state index in [4.69, 9.17) is 21.2 Å². The van der Waals surface area contributed by atoms with Crippen LogP contribution in [0, 0.1) is 0 Å². The summed E-state index contributed by atoms with van der Waals surface area (Å²) in [5.41, 5.74) is 1.48. The second kappa shape index (κ2) is 14.1. The van der Waals surface area contributed by atoms with Crippen LogP contribution in [0.4, 0.5) is 0 Å². The standard InChI is InChI=1S/C28H37ClN2O6/c1-3-10-21-12-7-4-6-11-19(2)15-20(30-36-18-25(34)31-13-8-5-9-14-31)16-22-26(28(35)37-21)23(32)17-24(33)27(22)29/h4,7,15,17,21,32-33H,3,5-6,8-14,16,18H2,1-2H3. The lowest BCUT2D eigenvalue weighted by Gasteiger charge is -2.26. The van der Waals surface area contributed by atoms with Crippen molar-refractivity contribution >= 4 is 29.2 Å². The highest BCUT2D eigenvalue weighted by Crippen LogP contribution is 2.37. The number of fused-ring (bicyclic) bond motifs is 1. The Balaban J connectivity index is 1.95. The number of ether oxygens (including phenoxy) is 1. The smallest absolute Gasteiger partial charge is 0.342 e. The van der Waals surface area contributed by atoms with Gasteiger partial charge in [-0.1, -0.05) is 47.8 Å². The molecule has 0 spiro atoms. The lowest BCUT2D eigenvalue weighted by Crippen LogP contribution is -2.37. The zero-order valence-electron chi connectivity index (χ0n) is 21.7. The van der Waals surface area contributed by atoms with Crippen LogP contribution in [0.5, 0.6) is 11.5 Å². The van der Waals surface area contributed by atoms with Gasteiger partial charge < -0.3 is 24.7 Å². The maximum absolute atomic E-state index is 13.2. The topological polar surface area (TPSA) is 109 Å². The zero-order chi connectivity index (χ0) is 26.8. The van der Waals surface area contributed by atoms with Gasteiger partial charge in [-0.3, -0.25) is 4.79 Å². The first-order valence-corrected chi connectivity index (χ1v) is 13.4. The second-order valence-electron chi connectivity index (χ2n) is 9.61. The number of hydrogen-bond donors (Lipinski definition) is 2. The van der Waals surface area contributed by atoms with Crippen molar-refractivity contribution in [3.05, 3.63) is 46.0 Å². The number of benzene rings is 1. The molecule has 0 radical (unpaired) electrons. The van der Waals surface area contributed by atoms with E-state index >= 15 is 0 Å². The number of allylic oxidation sites excluding steroid dienone is 3. The number of amides is 1. The fourth-order valence-corrected chi connectivity index (χ4v) is 4.78. The molecule has 2 aliphatic heterocycles. The number of cyclic esters (lactones) is 1. The summed E-state index contributed by atoms with van der Waals surface area (Å²) in [6, 6.07) is 1.03. The van der Waals surface area contributed by atoms with Gasteiger partial charge in [0.2, 0.25) is 0 Å². The number of phenols is 2. The maximum Gasteiger partial charge on any atom is 0.342 e. The van der Waals surface area contributed by atoms with E-state index in [-0.39, 0.29) is 46.9 Å². The summed E-state index contributed by atoms with van der Waals surface area (Å²) in [6.45, 7) is 5.20. The number of rotatable bonds is 5. The molecule has 1 saturated heterocycles. The fraction of sp³-hybridized carbons (Fsp3) is 0.536. The van der Waals surface area contributed by atoms with Crippen molar-refractivity contribution in [2.45, 2.75) is 77.7 Å². The Hall–Kier alpha value is -3.00. The second-order valence-corrected chi connectivity index (χ2v) is 9.99. The molecular formula is C28H37ClN2O6. The van der Waals surface area contributed by atoms with Crippen LogP contribution in [0.15, 0.2) is 35.0 Å². The minimum atomic E-state index is -0.723. The zero-order valence-corrected chi connectivity index (χ0v) is 22.4. The Morgan fingerprint density at radius 1 is 1.22 bits per heavy atom. The van der Waals surface area contributed by atoms with Crippen molar-refractivity contribution in [1.82, 2.24) is 4.90 Å². The van der Waals surface area contributed by atoms with Crippen molar-refractivity contribution in [3.8, 4) is 11.5 Å². The Bertz CT molecular complexity index is 1060. The molecule has 0 saturated carbocycles. The summed E-state index contributed by atoms with van der Waals surface area (Å²) in [7, 11) is 0. The highest BCUT2D eigenvalue weighted by atomic mass is 35.5. The summed E-state index contributed by atoms with van der Waals surface area (Å²) >= 11 is 6.43. The van der Waals surface area contributed by atoms with Crippen LogP contribution in [0.3, 0.4) is 0 Å². The number of hydrogen-bond acceptors (Lipinski definition) is 7. The lowest BCUT2D eigenvalue weighted by molar-refractivity contribution is -0.137. The van der Waals surface area contributed by atoms with E-state index < -0.39 is 11.7 Å². The van der Waals surface area contributed by atoms with Crippen LogP contribution in [0.1, 0.15) is 81.1 Å². The molecule has 1 fully saturated rings. The molecule has 2 heterocycles. The third kappa shape index (κ3) is 8.25. The van der Waals surface area contributed by atoms with Gasteiger partial charge >= 0.3 is 5.97 Å². The molecule has 3 rings (SSSR count). The van der Waals surface area contributed by atoms with Crippen molar-refractivity contribution in [2.24, 2.45) is 5.16 Å². The van der Waals surface area contributed by atoms with E-state index in [2.05, 4.69) is 11.2 Å². The summed E-state index contributed by atoms with van der Waals surface area (Å²) in [6.07, 6.45) is 12.2. The number of carbonyl (C=O) groups excluding carboxylic acids is 2. The Morgan fingerprint density at radius 2 is 1.97 bits per heavy atom. The van der Waals surface area contributed by atoms with Crippen molar-refractivity contribution in [1.29, 1.82) is 0 Å². The average Bonchev–Trinajstić information content (AvgIpc) is 2.86. The number of nitrogens with zero attached hydrogens (tertiary/aromatic N) is 2. The first-order valence-electron chi connectivity index (χ1n) is 13.0. The molecule has 8 nitrogen and oxygen atoms in total. The van der Waals surface area contributed by atoms with Crippen LogP contribution in [0.25, 0.3) is 0 Å². The van der Waals surface area contributed by atoms with E-state index in [0.717, 1.165) is 50.2 Å². The van der Waals surface area contributed by atoms with Gasteiger partial charge in [-0.2, -0.15) is 0 Å². The van der Waals surface area contributed by atoms with Gasteiger partial charge in [-0.25, -0.2) is 4.79 Å². The molecule has 0 aliphatic carbocycles. The van der Waals surface area contributed by atoms with E-state index in [1.807, 2.05) is 26.0 Å². The predicted octanol–water partition coefficient (Wildman–Crippen LogP) is 5.69. The van der Waals surface area contributed by atoms with Crippen LogP contribution in [-0.2, 0) is 20.8 Å². The maximum atomic E-state index is 13.2. The van der Waals surface area contributed by atoms with E-state index in [1.165, 1.54) is 0 Å². The number of piperidine rings is 1. The normalized spacial score (nSPS) is 20.6. The van der Waals surface area contributed by atoms with Gasteiger partial charge in [0.15, 0.2) is 6.61 Å². The molecule has 2 aliphatic rings. The van der Waals surface area contributed by atoms with Crippen LogP contribution >= 0.6 is 11.6 Å². The van der Waals surface area contributed by atoms with Gasteiger partial charge in [0.25, 0.3) is 5.91 Å². The molecule has 0 aromatic heterocycles. The molecule has 1 unspecified atom stereocenters. The van der Waals surface area contributed by atoms with Crippen molar-refractivity contribution in [3.63, 3.8) is 0 Å². The molecule has 1 aromatic rings. The first-order chi connectivity index (χ1) is 17.8. The summed E-state index contributed by atoms with van der Waals surface area (Å²) in [5, 5.41) is 25.0. The first kappa shape index (κ1) is 28.6.